The molecule has 4 aromatic rings. The van der Waals surface area contributed by atoms with E-state index in [-0.39, 0.29) is 30.3 Å². The second-order valence-corrected chi connectivity index (χ2v) is 8.05. The van der Waals surface area contributed by atoms with Crippen LogP contribution < -0.4 is 20.9 Å². The van der Waals surface area contributed by atoms with Crippen molar-refractivity contribution in [2.45, 2.75) is 13.5 Å². The molecule has 0 saturated heterocycles. The fourth-order valence-corrected chi connectivity index (χ4v) is 3.76. The summed E-state index contributed by atoms with van der Waals surface area (Å²) in [4.78, 5) is 40.4. The maximum absolute atomic E-state index is 12.7. The Bertz CT molecular complexity index is 1350. The van der Waals surface area contributed by atoms with Gasteiger partial charge < -0.3 is 10.1 Å². The molecule has 0 fully saturated rings. The van der Waals surface area contributed by atoms with Crippen LogP contribution in [-0.2, 0) is 11.3 Å². The first-order valence-electron chi connectivity index (χ1n) is 10.4. The van der Waals surface area contributed by atoms with Gasteiger partial charge >= 0.3 is 0 Å². The number of anilines is 2. The number of benzene rings is 2. The van der Waals surface area contributed by atoms with Crippen molar-refractivity contribution in [3.8, 4) is 17.0 Å². The van der Waals surface area contributed by atoms with E-state index in [0.29, 0.717) is 22.3 Å². The lowest BCUT2D eigenvalue weighted by Gasteiger charge is -2.08. The molecule has 4 rings (SSSR count). The van der Waals surface area contributed by atoms with E-state index in [0.717, 1.165) is 5.56 Å². The molecule has 0 spiro atoms. The van der Waals surface area contributed by atoms with Crippen LogP contribution in [0.1, 0.15) is 17.4 Å². The van der Waals surface area contributed by atoms with Gasteiger partial charge in [0.15, 0.2) is 5.13 Å². The van der Waals surface area contributed by atoms with Gasteiger partial charge in [0.2, 0.25) is 5.91 Å². The summed E-state index contributed by atoms with van der Waals surface area (Å²) in [6, 6.07) is 19.1. The Balaban J connectivity index is 1.39. The minimum absolute atomic E-state index is 0.0933. The molecule has 2 aromatic carbocycles. The van der Waals surface area contributed by atoms with Crippen molar-refractivity contribution < 1.29 is 14.3 Å². The van der Waals surface area contributed by atoms with E-state index in [9.17, 15) is 14.4 Å². The molecule has 9 nitrogen and oxygen atoms in total. The van der Waals surface area contributed by atoms with Gasteiger partial charge in [-0.15, -0.1) is 11.3 Å². The Hall–Kier alpha value is -4.31. The lowest BCUT2D eigenvalue weighted by molar-refractivity contribution is -0.114. The van der Waals surface area contributed by atoms with Gasteiger partial charge in [-0.25, -0.2) is 9.67 Å². The molecule has 0 aliphatic heterocycles. The number of amides is 2. The summed E-state index contributed by atoms with van der Waals surface area (Å²) in [6.07, 6.45) is 0. The quantitative estimate of drug-likeness (QED) is 0.402. The van der Waals surface area contributed by atoms with E-state index in [1.54, 1.807) is 12.1 Å². The summed E-state index contributed by atoms with van der Waals surface area (Å²) in [6.45, 7) is 1.88. The molecule has 2 heterocycles. The summed E-state index contributed by atoms with van der Waals surface area (Å²) in [5.74, 6) is 0.0727. The van der Waals surface area contributed by atoms with Crippen LogP contribution in [0, 0.1) is 0 Å². The molecule has 10 heteroatoms. The van der Waals surface area contributed by atoms with Crippen LogP contribution in [0.25, 0.3) is 11.3 Å². The Morgan fingerprint density at radius 1 is 1.00 bits per heavy atom. The van der Waals surface area contributed by atoms with Crippen LogP contribution in [0.3, 0.4) is 0 Å². The molecule has 0 aliphatic rings. The first-order chi connectivity index (χ1) is 16.5. The number of rotatable bonds is 8. The van der Waals surface area contributed by atoms with Crippen LogP contribution in [0.2, 0.25) is 0 Å². The number of hydrogen-bond acceptors (Lipinski definition) is 7. The highest BCUT2D eigenvalue weighted by Crippen LogP contribution is 2.26. The van der Waals surface area contributed by atoms with Crippen molar-refractivity contribution in [1.82, 2.24) is 14.8 Å². The van der Waals surface area contributed by atoms with Gasteiger partial charge in [-0.05, 0) is 30.3 Å². The molecule has 0 atom stereocenters. The maximum atomic E-state index is 12.7. The van der Waals surface area contributed by atoms with Crippen LogP contribution in [-0.4, -0.2) is 33.2 Å². The van der Waals surface area contributed by atoms with Crippen molar-refractivity contribution in [2.24, 2.45) is 0 Å². The number of nitrogens with one attached hydrogen (secondary N) is 2. The van der Waals surface area contributed by atoms with E-state index >= 15 is 0 Å². The molecule has 0 radical (unpaired) electrons. The maximum Gasteiger partial charge on any atom is 0.277 e. The fourth-order valence-electron chi connectivity index (χ4n) is 3.05. The predicted octanol–water partition coefficient (Wildman–Crippen LogP) is 3.66. The molecule has 0 unspecified atom stereocenters. The number of carbonyl (C=O) groups is 2. The normalized spacial score (nSPS) is 10.5. The zero-order valence-corrected chi connectivity index (χ0v) is 19.0. The third-order valence-electron chi connectivity index (χ3n) is 4.64. The number of nitrogens with zero attached hydrogens (tertiary/aromatic N) is 3. The number of aromatic nitrogens is 3. The Morgan fingerprint density at radius 3 is 2.50 bits per heavy atom. The highest BCUT2D eigenvalue weighted by atomic mass is 32.1. The summed E-state index contributed by atoms with van der Waals surface area (Å²) in [5.41, 5.74) is 1.99. The highest BCUT2D eigenvalue weighted by Gasteiger charge is 2.13. The topological polar surface area (TPSA) is 115 Å². The Morgan fingerprint density at radius 2 is 1.76 bits per heavy atom. The minimum atomic E-state index is -0.473. The monoisotopic (exact) mass is 475 g/mol. The molecule has 2 N–H and O–H groups in total. The molecule has 172 valence electrons. The largest absolute Gasteiger partial charge is 0.492 e. The van der Waals surface area contributed by atoms with Crippen molar-refractivity contribution >= 4 is 34.0 Å². The Kier molecular flexibility index (Phi) is 7.09. The zero-order chi connectivity index (χ0) is 23.9. The third-order valence-corrected chi connectivity index (χ3v) is 5.40. The number of ether oxygens (including phenoxy) is 1. The Labute approximate surface area is 199 Å². The van der Waals surface area contributed by atoms with Gasteiger partial charge in [0, 0.05) is 29.6 Å². The van der Waals surface area contributed by atoms with Crippen LogP contribution >= 0.6 is 11.3 Å². The molecular formula is C24H21N5O4S. The van der Waals surface area contributed by atoms with Crippen molar-refractivity contribution in [1.29, 1.82) is 0 Å². The number of carbonyl (C=O) groups excluding carboxylic acids is 2. The lowest BCUT2D eigenvalue weighted by Crippen LogP contribution is -2.28. The molecule has 2 amide bonds. The lowest BCUT2D eigenvalue weighted by atomic mass is 10.1. The number of thiazole rings is 1. The van der Waals surface area contributed by atoms with Gasteiger partial charge in [0.25, 0.3) is 11.5 Å². The first-order valence-corrected chi connectivity index (χ1v) is 11.3. The second-order valence-electron chi connectivity index (χ2n) is 7.19. The van der Waals surface area contributed by atoms with Gasteiger partial charge in [-0.2, -0.15) is 5.10 Å². The van der Waals surface area contributed by atoms with Crippen molar-refractivity contribution in [3.63, 3.8) is 0 Å². The molecular weight excluding hydrogens is 454 g/mol. The molecule has 34 heavy (non-hydrogen) atoms. The van der Waals surface area contributed by atoms with Gasteiger partial charge in [0.05, 0.1) is 12.2 Å². The standard InChI is InChI=1S/C24H21N5O4S/c1-16(30)25-18-9-7-17(8-10-18)21-15-34-24(26-21)27-23(32)20-11-12-22(31)29(28-20)13-14-33-19-5-3-2-4-6-19/h2-12,15H,13-14H2,1H3,(H,25,30)(H,26,27,32). The first kappa shape index (κ1) is 22.9. The highest BCUT2D eigenvalue weighted by molar-refractivity contribution is 7.14. The SMILES string of the molecule is CC(=O)Nc1ccc(-c2csc(NC(=O)c3ccc(=O)n(CCOc4ccccc4)n3)n2)cc1. The smallest absolute Gasteiger partial charge is 0.277 e. The molecule has 2 aromatic heterocycles. The summed E-state index contributed by atoms with van der Waals surface area (Å²) in [5, 5.41) is 11.8. The zero-order valence-electron chi connectivity index (χ0n) is 18.2. The van der Waals surface area contributed by atoms with E-state index in [1.807, 2.05) is 47.8 Å². The van der Waals surface area contributed by atoms with Gasteiger partial charge in [-0.3, -0.25) is 19.7 Å². The fraction of sp³-hybridized carbons (Fsp3) is 0.125. The van der Waals surface area contributed by atoms with Crippen LogP contribution in [0.5, 0.6) is 5.75 Å². The summed E-state index contributed by atoms with van der Waals surface area (Å²) < 4.78 is 6.80. The van der Waals surface area contributed by atoms with Gasteiger partial charge in [0.1, 0.15) is 18.1 Å². The van der Waals surface area contributed by atoms with E-state index < -0.39 is 5.91 Å². The molecule has 0 saturated carbocycles. The third kappa shape index (κ3) is 5.93. The van der Waals surface area contributed by atoms with Crippen molar-refractivity contribution in [2.75, 3.05) is 17.2 Å². The number of para-hydroxylation sites is 1. The van der Waals surface area contributed by atoms with Crippen LogP contribution in [0.15, 0.2) is 76.9 Å². The minimum Gasteiger partial charge on any atom is -0.492 e. The summed E-state index contributed by atoms with van der Waals surface area (Å²) in [7, 11) is 0. The van der Waals surface area contributed by atoms with E-state index in [4.69, 9.17) is 4.74 Å². The van der Waals surface area contributed by atoms with E-state index in [2.05, 4.69) is 20.7 Å². The average molecular weight is 476 g/mol. The average Bonchev–Trinajstić information content (AvgIpc) is 3.29. The summed E-state index contributed by atoms with van der Waals surface area (Å²) >= 11 is 1.27. The molecule has 0 bridgehead atoms. The van der Waals surface area contributed by atoms with E-state index in [1.165, 1.54) is 35.1 Å². The second kappa shape index (κ2) is 10.5. The molecule has 0 aliphatic carbocycles. The predicted molar refractivity (Wildman–Crippen MR) is 130 cm³/mol. The van der Waals surface area contributed by atoms with Crippen molar-refractivity contribution in [3.05, 3.63) is 88.2 Å². The number of hydrogen-bond donors (Lipinski definition) is 2. The van der Waals surface area contributed by atoms with Gasteiger partial charge in [-0.1, -0.05) is 30.3 Å². The van der Waals surface area contributed by atoms with Crippen LogP contribution in [0.4, 0.5) is 10.8 Å².